The van der Waals surface area contributed by atoms with Crippen molar-refractivity contribution < 1.29 is 9.90 Å². The monoisotopic (exact) mass is 280 g/mol. The molecule has 104 valence electrons. The highest BCUT2D eigenvalue weighted by Crippen LogP contribution is 2.22. The first-order valence-corrected chi connectivity index (χ1v) is 7.62. The van der Waals surface area contributed by atoms with Crippen LogP contribution in [0.1, 0.15) is 35.3 Å². The van der Waals surface area contributed by atoms with Gasteiger partial charge in [-0.05, 0) is 38.4 Å². The van der Waals surface area contributed by atoms with Crippen molar-refractivity contribution in [1.82, 2.24) is 9.88 Å². The van der Waals surface area contributed by atoms with E-state index in [2.05, 4.69) is 16.8 Å². The van der Waals surface area contributed by atoms with E-state index in [1.165, 1.54) is 32.0 Å². The van der Waals surface area contributed by atoms with Gasteiger partial charge >= 0.3 is 5.97 Å². The maximum absolute atomic E-state index is 10.6. The minimum Gasteiger partial charge on any atom is -0.478 e. The van der Waals surface area contributed by atoms with Crippen molar-refractivity contribution in [2.24, 2.45) is 0 Å². The van der Waals surface area contributed by atoms with Crippen LogP contribution in [-0.2, 0) is 17.6 Å². The van der Waals surface area contributed by atoms with E-state index in [9.17, 15) is 4.79 Å². The second-order valence-corrected chi connectivity index (χ2v) is 5.86. The summed E-state index contributed by atoms with van der Waals surface area (Å²) < 4.78 is 0. The molecule has 1 N–H and O–H groups in total. The van der Waals surface area contributed by atoms with Gasteiger partial charge in [0.15, 0.2) is 0 Å². The highest BCUT2D eigenvalue weighted by molar-refractivity contribution is 7.12. The number of aryl methyl sites for hydroxylation is 1. The van der Waals surface area contributed by atoms with Crippen molar-refractivity contribution in [1.29, 1.82) is 0 Å². The Labute approximate surface area is 117 Å². The first-order valence-electron chi connectivity index (χ1n) is 6.81. The van der Waals surface area contributed by atoms with E-state index in [1.807, 2.05) is 0 Å². The van der Waals surface area contributed by atoms with Gasteiger partial charge in [-0.25, -0.2) is 9.78 Å². The van der Waals surface area contributed by atoms with Crippen LogP contribution < -0.4 is 0 Å². The zero-order valence-corrected chi connectivity index (χ0v) is 12.1. The average Bonchev–Trinajstić information content (AvgIpc) is 3.03. The van der Waals surface area contributed by atoms with Crippen molar-refractivity contribution in [3.05, 3.63) is 21.7 Å². The lowest BCUT2D eigenvalue weighted by Crippen LogP contribution is -2.21. The molecular weight excluding hydrogens is 260 g/mol. The van der Waals surface area contributed by atoms with Gasteiger partial charge in [0.25, 0.3) is 0 Å². The summed E-state index contributed by atoms with van der Waals surface area (Å²) in [6.07, 6.45) is 7.29. The van der Waals surface area contributed by atoms with Crippen LogP contribution in [0, 0.1) is 0 Å². The second-order valence-electron chi connectivity index (χ2n) is 4.74. The Bertz CT molecular complexity index is 462. The lowest BCUT2D eigenvalue weighted by Gasteiger charge is -2.12. The fraction of sp³-hybridized carbons (Fsp3) is 0.571. The minimum absolute atomic E-state index is 0.847. The Kier molecular flexibility index (Phi) is 5.10. The first kappa shape index (κ1) is 14.2. The molecule has 1 saturated heterocycles. The summed E-state index contributed by atoms with van der Waals surface area (Å²) >= 11 is 1.62. The standard InChI is InChI=1S/C14H20N2O2S/c1-2-11-12(5-6-14(17)18)19-13(15-11)7-10-16-8-3-4-9-16/h5-6H,2-4,7-10H2,1H3,(H,17,18)/b6-5+. The van der Waals surface area contributed by atoms with Gasteiger partial charge in [0.2, 0.25) is 0 Å². The lowest BCUT2D eigenvalue weighted by molar-refractivity contribution is -0.131. The van der Waals surface area contributed by atoms with Crippen molar-refractivity contribution in [2.75, 3.05) is 19.6 Å². The van der Waals surface area contributed by atoms with Crippen LogP contribution in [0.15, 0.2) is 6.08 Å². The highest BCUT2D eigenvalue weighted by atomic mass is 32.1. The van der Waals surface area contributed by atoms with E-state index >= 15 is 0 Å². The summed E-state index contributed by atoms with van der Waals surface area (Å²) in [6.45, 7) is 5.53. The molecule has 1 aliphatic heterocycles. The lowest BCUT2D eigenvalue weighted by atomic mass is 10.3. The number of aromatic nitrogens is 1. The maximum Gasteiger partial charge on any atom is 0.328 e. The SMILES string of the molecule is CCc1nc(CCN2CCCC2)sc1/C=C/C(=O)O. The van der Waals surface area contributed by atoms with E-state index in [-0.39, 0.29) is 0 Å². The van der Waals surface area contributed by atoms with E-state index in [0.29, 0.717) is 0 Å². The van der Waals surface area contributed by atoms with Crippen LogP contribution in [0.2, 0.25) is 0 Å². The molecule has 0 bridgehead atoms. The van der Waals surface area contributed by atoms with Crippen molar-refractivity contribution >= 4 is 23.4 Å². The molecule has 2 rings (SSSR count). The van der Waals surface area contributed by atoms with Gasteiger partial charge in [-0.15, -0.1) is 11.3 Å². The van der Waals surface area contributed by atoms with Crippen molar-refractivity contribution in [3.8, 4) is 0 Å². The van der Waals surface area contributed by atoms with Crippen LogP contribution >= 0.6 is 11.3 Å². The summed E-state index contributed by atoms with van der Waals surface area (Å²) in [7, 11) is 0. The summed E-state index contributed by atoms with van der Waals surface area (Å²) in [5, 5.41) is 9.80. The average molecular weight is 280 g/mol. The second kappa shape index (κ2) is 6.82. The van der Waals surface area contributed by atoms with Crippen molar-refractivity contribution in [3.63, 3.8) is 0 Å². The molecule has 0 spiro atoms. The molecule has 0 radical (unpaired) electrons. The van der Waals surface area contributed by atoms with Gasteiger partial charge in [0, 0.05) is 19.0 Å². The summed E-state index contributed by atoms with van der Waals surface area (Å²) in [6, 6.07) is 0. The smallest absolute Gasteiger partial charge is 0.328 e. The van der Waals surface area contributed by atoms with Gasteiger partial charge in [0.05, 0.1) is 15.6 Å². The Morgan fingerprint density at radius 3 is 2.84 bits per heavy atom. The number of carboxylic acids is 1. The van der Waals surface area contributed by atoms with Gasteiger partial charge in [-0.3, -0.25) is 0 Å². The number of hydrogen-bond acceptors (Lipinski definition) is 4. The molecule has 0 unspecified atom stereocenters. The molecule has 5 heteroatoms. The number of hydrogen-bond donors (Lipinski definition) is 1. The predicted molar refractivity (Wildman–Crippen MR) is 77.5 cm³/mol. The number of aliphatic carboxylic acids is 1. The molecule has 1 aromatic heterocycles. The Hall–Kier alpha value is -1.20. The summed E-state index contributed by atoms with van der Waals surface area (Å²) in [5.41, 5.74) is 1.01. The number of thiazole rings is 1. The van der Waals surface area contributed by atoms with Crippen LogP contribution in [0.4, 0.5) is 0 Å². The van der Waals surface area contributed by atoms with Gasteiger partial charge < -0.3 is 10.0 Å². The van der Waals surface area contributed by atoms with Crippen molar-refractivity contribution in [2.45, 2.75) is 32.6 Å². The highest BCUT2D eigenvalue weighted by Gasteiger charge is 2.13. The molecule has 0 atom stereocenters. The summed E-state index contributed by atoms with van der Waals surface area (Å²) in [5.74, 6) is -0.908. The largest absolute Gasteiger partial charge is 0.478 e. The molecular formula is C14H20N2O2S. The van der Waals surface area contributed by atoms with Crippen LogP contribution in [0.3, 0.4) is 0 Å². The molecule has 0 amide bonds. The third-order valence-corrected chi connectivity index (χ3v) is 4.45. The molecule has 0 saturated carbocycles. The fourth-order valence-corrected chi connectivity index (χ4v) is 3.36. The normalized spacial score (nSPS) is 16.5. The zero-order chi connectivity index (χ0) is 13.7. The number of nitrogens with zero attached hydrogens (tertiary/aromatic N) is 2. The van der Waals surface area contributed by atoms with Crippen LogP contribution in [0.5, 0.6) is 0 Å². The van der Waals surface area contributed by atoms with E-state index < -0.39 is 5.97 Å². The van der Waals surface area contributed by atoms with E-state index in [1.54, 1.807) is 17.4 Å². The van der Waals surface area contributed by atoms with Gasteiger partial charge in [0.1, 0.15) is 0 Å². The molecule has 19 heavy (non-hydrogen) atoms. The Morgan fingerprint density at radius 1 is 1.47 bits per heavy atom. The third-order valence-electron chi connectivity index (χ3n) is 3.32. The molecule has 1 aliphatic rings. The Balaban J connectivity index is 1.98. The quantitative estimate of drug-likeness (QED) is 0.813. The van der Waals surface area contributed by atoms with Gasteiger partial charge in [-0.2, -0.15) is 0 Å². The third kappa shape index (κ3) is 4.14. The van der Waals surface area contributed by atoms with E-state index in [4.69, 9.17) is 5.11 Å². The summed E-state index contributed by atoms with van der Waals surface area (Å²) in [4.78, 5) is 18.6. The molecule has 2 heterocycles. The molecule has 1 aromatic rings. The van der Waals surface area contributed by atoms with Crippen LogP contribution in [0.25, 0.3) is 6.08 Å². The predicted octanol–water partition coefficient (Wildman–Crippen LogP) is 2.44. The first-order chi connectivity index (χ1) is 9.19. The number of likely N-dealkylation sites (tertiary alicyclic amines) is 1. The van der Waals surface area contributed by atoms with Crippen LogP contribution in [-0.4, -0.2) is 40.6 Å². The molecule has 1 fully saturated rings. The number of carboxylic acid groups (broad SMARTS) is 1. The Morgan fingerprint density at radius 2 is 2.21 bits per heavy atom. The molecule has 0 aliphatic carbocycles. The number of rotatable bonds is 6. The maximum atomic E-state index is 10.6. The van der Waals surface area contributed by atoms with Gasteiger partial charge in [-0.1, -0.05) is 6.92 Å². The topological polar surface area (TPSA) is 53.4 Å². The molecule has 0 aromatic carbocycles. The van der Waals surface area contributed by atoms with E-state index in [0.717, 1.165) is 35.0 Å². The molecule has 4 nitrogen and oxygen atoms in total. The fourth-order valence-electron chi connectivity index (χ4n) is 2.31. The zero-order valence-electron chi connectivity index (χ0n) is 11.3. The number of carbonyl (C=O) groups is 1. The minimum atomic E-state index is -0.908.